The molecule has 0 N–H and O–H groups in total. The predicted molar refractivity (Wildman–Crippen MR) is 126 cm³/mol. The van der Waals surface area contributed by atoms with Crippen LogP contribution in [0.5, 0.6) is 0 Å². The molecule has 35 heavy (non-hydrogen) atoms. The van der Waals surface area contributed by atoms with Gasteiger partial charge in [-0.2, -0.15) is 0 Å². The molecule has 1 fully saturated rings. The maximum Gasteiger partial charge on any atom is 0.326 e. The average molecular weight is 510 g/mol. The van der Waals surface area contributed by atoms with E-state index >= 15 is 0 Å². The van der Waals surface area contributed by atoms with Crippen LogP contribution in [0.25, 0.3) is 0 Å². The van der Waals surface area contributed by atoms with Gasteiger partial charge in [-0.25, -0.2) is 4.39 Å². The van der Waals surface area contributed by atoms with E-state index in [4.69, 9.17) is 27.9 Å². The number of imide groups is 1. The minimum absolute atomic E-state index is 0.192. The minimum Gasteiger partial charge on any atom is -0.459 e. The number of rotatable bonds is 4. The van der Waals surface area contributed by atoms with Gasteiger partial charge < -0.3 is 4.74 Å². The fourth-order valence-electron chi connectivity index (χ4n) is 5.83. The number of esters is 1. The third-order valence-corrected chi connectivity index (χ3v) is 8.59. The number of benzene rings is 3. The molecule has 1 heterocycles. The van der Waals surface area contributed by atoms with Gasteiger partial charge in [0.05, 0.1) is 11.8 Å². The van der Waals surface area contributed by atoms with Crippen molar-refractivity contribution in [2.75, 3.05) is 6.54 Å². The highest BCUT2D eigenvalue weighted by Crippen LogP contribution is 2.69. The smallest absolute Gasteiger partial charge is 0.326 e. The molecule has 2 atom stereocenters. The highest BCUT2D eigenvalue weighted by Gasteiger charge is 2.73. The van der Waals surface area contributed by atoms with Crippen LogP contribution >= 0.6 is 23.2 Å². The van der Waals surface area contributed by atoms with E-state index in [-0.39, 0.29) is 12.2 Å². The van der Waals surface area contributed by atoms with Gasteiger partial charge in [-0.3, -0.25) is 19.3 Å². The molecule has 176 valence electrons. The van der Waals surface area contributed by atoms with E-state index in [1.54, 1.807) is 6.07 Å². The van der Waals surface area contributed by atoms with Crippen LogP contribution in [0.4, 0.5) is 4.39 Å². The first-order valence-electron chi connectivity index (χ1n) is 11.1. The Morgan fingerprint density at radius 1 is 0.800 bits per heavy atom. The molecule has 1 aliphatic heterocycles. The zero-order valence-corrected chi connectivity index (χ0v) is 19.7. The van der Waals surface area contributed by atoms with E-state index in [0.717, 1.165) is 4.90 Å². The molecular weight excluding hydrogens is 492 g/mol. The van der Waals surface area contributed by atoms with Gasteiger partial charge in [-0.1, -0.05) is 66.7 Å². The molecule has 0 aromatic heterocycles. The molecular formula is C27H18Cl2FNO4. The highest BCUT2D eigenvalue weighted by atomic mass is 35.5. The molecule has 3 aromatic carbocycles. The first kappa shape index (κ1) is 22.3. The molecule has 2 amide bonds. The predicted octanol–water partition coefficient (Wildman–Crippen LogP) is 4.46. The number of hydrogen-bond acceptors (Lipinski definition) is 4. The van der Waals surface area contributed by atoms with Gasteiger partial charge >= 0.3 is 5.97 Å². The molecule has 8 heteroatoms. The summed E-state index contributed by atoms with van der Waals surface area (Å²) in [5, 5.41) is 0. The van der Waals surface area contributed by atoms with Gasteiger partial charge in [0, 0.05) is 5.56 Å². The van der Waals surface area contributed by atoms with E-state index in [1.165, 1.54) is 18.2 Å². The Hall–Kier alpha value is -3.22. The highest BCUT2D eigenvalue weighted by molar-refractivity contribution is 6.36. The van der Waals surface area contributed by atoms with Gasteiger partial charge in [0.2, 0.25) is 11.8 Å². The van der Waals surface area contributed by atoms with E-state index in [0.29, 0.717) is 22.3 Å². The molecule has 5 nitrogen and oxygen atoms in total. The number of hydrogen-bond donors (Lipinski definition) is 0. The Labute approximate surface area is 210 Å². The molecule has 1 saturated heterocycles. The summed E-state index contributed by atoms with van der Waals surface area (Å²) in [5.74, 6) is -4.47. The summed E-state index contributed by atoms with van der Waals surface area (Å²) < 4.78 is 19.0. The second kappa shape index (κ2) is 7.64. The van der Waals surface area contributed by atoms with Crippen molar-refractivity contribution in [1.82, 2.24) is 4.90 Å². The van der Waals surface area contributed by atoms with Gasteiger partial charge in [0.15, 0.2) is 0 Å². The van der Waals surface area contributed by atoms with Crippen LogP contribution < -0.4 is 0 Å². The van der Waals surface area contributed by atoms with E-state index in [2.05, 4.69) is 0 Å². The van der Waals surface area contributed by atoms with E-state index < -0.39 is 51.7 Å². The molecule has 4 aliphatic rings. The molecule has 2 bridgehead atoms. The van der Waals surface area contributed by atoms with E-state index in [1.807, 2.05) is 48.5 Å². The lowest BCUT2D eigenvalue weighted by Gasteiger charge is -2.54. The maximum absolute atomic E-state index is 13.9. The van der Waals surface area contributed by atoms with Crippen LogP contribution in [-0.2, 0) is 35.5 Å². The fraction of sp³-hybridized carbons (Fsp3) is 0.222. The maximum atomic E-state index is 13.9. The minimum atomic E-state index is -1.31. The van der Waals surface area contributed by atoms with Crippen molar-refractivity contribution in [2.24, 2.45) is 11.8 Å². The molecule has 3 aliphatic carbocycles. The summed E-state index contributed by atoms with van der Waals surface area (Å²) in [6, 6.07) is 20.5. The molecule has 0 saturated carbocycles. The number of likely N-dealkylation sites (tertiary alicyclic amines) is 1. The lowest BCUT2D eigenvalue weighted by Crippen LogP contribution is -2.57. The second-order valence-corrected chi connectivity index (χ2v) is 10.2. The van der Waals surface area contributed by atoms with Crippen LogP contribution in [0.2, 0.25) is 0 Å². The van der Waals surface area contributed by atoms with Crippen LogP contribution in [0.15, 0.2) is 72.8 Å². The molecule has 0 unspecified atom stereocenters. The monoisotopic (exact) mass is 509 g/mol. The van der Waals surface area contributed by atoms with Crippen molar-refractivity contribution in [3.63, 3.8) is 0 Å². The number of alkyl halides is 2. The van der Waals surface area contributed by atoms with Gasteiger partial charge in [0.25, 0.3) is 0 Å². The second-order valence-electron chi connectivity index (χ2n) is 8.98. The summed E-state index contributed by atoms with van der Waals surface area (Å²) in [7, 11) is 0. The quantitative estimate of drug-likeness (QED) is 0.296. The van der Waals surface area contributed by atoms with Crippen molar-refractivity contribution in [3.8, 4) is 0 Å². The van der Waals surface area contributed by atoms with Crippen LogP contribution in [0.1, 0.15) is 27.8 Å². The number of nitrogens with zero attached hydrogens (tertiary/aromatic N) is 1. The van der Waals surface area contributed by atoms with Crippen molar-refractivity contribution in [1.29, 1.82) is 0 Å². The number of halogens is 3. The van der Waals surface area contributed by atoms with E-state index in [9.17, 15) is 18.8 Å². The average Bonchev–Trinajstić information content (AvgIpc) is 3.13. The Morgan fingerprint density at radius 3 is 1.69 bits per heavy atom. The lowest BCUT2D eigenvalue weighted by atomic mass is 9.54. The summed E-state index contributed by atoms with van der Waals surface area (Å²) in [5.41, 5.74) is 2.92. The Kier molecular flexibility index (Phi) is 4.86. The summed E-state index contributed by atoms with van der Waals surface area (Å²) in [6.45, 7) is -0.921. The molecule has 0 radical (unpaired) electrons. The van der Waals surface area contributed by atoms with Gasteiger partial charge in [0.1, 0.15) is 28.7 Å². The number of ether oxygens (including phenoxy) is 1. The molecule has 3 aromatic rings. The first-order valence-corrected chi connectivity index (χ1v) is 11.9. The summed E-state index contributed by atoms with van der Waals surface area (Å²) in [4.78, 5) is 38.2. The van der Waals surface area contributed by atoms with Crippen molar-refractivity contribution in [2.45, 2.75) is 16.4 Å². The summed E-state index contributed by atoms with van der Waals surface area (Å²) >= 11 is 14.7. The summed E-state index contributed by atoms with van der Waals surface area (Å²) in [6.07, 6.45) is 0. The van der Waals surface area contributed by atoms with Crippen molar-refractivity contribution < 1.29 is 23.5 Å². The first-order chi connectivity index (χ1) is 16.8. The van der Waals surface area contributed by atoms with Crippen LogP contribution in [-0.4, -0.2) is 29.2 Å². The SMILES string of the molecule is O=C(CN1C(=O)[C@@H]2[C@H](C1=O)C1(Cl)c3ccccc3C2(Cl)c2ccccc21)OCc1ccccc1F. The third kappa shape index (κ3) is 2.84. The molecule has 7 rings (SSSR count). The Bertz CT molecular complexity index is 1300. The van der Waals surface area contributed by atoms with Gasteiger partial charge in [-0.05, 0) is 28.3 Å². The number of amides is 2. The third-order valence-electron chi connectivity index (χ3n) is 7.31. The zero-order valence-electron chi connectivity index (χ0n) is 18.2. The standard InChI is InChI=1S/C27H18Cl2FNO4/c28-26-16-8-2-3-9-17(16)27(29,19-11-5-4-10-18(19)26)23-22(26)24(33)31(25(23)34)13-21(32)35-14-15-7-1-6-12-20(15)30/h1-12,22-23H,13-14H2/t22-,23+,26?,27?. The Morgan fingerprint density at radius 2 is 1.23 bits per heavy atom. The van der Waals surface area contributed by atoms with Crippen molar-refractivity contribution >= 4 is 41.0 Å². The topological polar surface area (TPSA) is 63.7 Å². The van der Waals surface area contributed by atoms with Crippen LogP contribution in [0.3, 0.4) is 0 Å². The Balaban J connectivity index is 1.36. The van der Waals surface area contributed by atoms with Crippen LogP contribution in [0, 0.1) is 17.7 Å². The molecule has 0 spiro atoms. The lowest BCUT2D eigenvalue weighted by molar-refractivity contribution is -0.154. The number of carbonyl (C=O) groups is 3. The van der Waals surface area contributed by atoms with Gasteiger partial charge in [-0.15, -0.1) is 23.2 Å². The van der Waals surface area contributed by atoms with Crippen molar-refractivity contribution in [3.05, 3.63) is 106 Å². The number of carbonyl (C=O) groups excluding carboxylic acids is 3. The largest absolute Gasteiger partial charge is 0.459 e. The zero-order chi connectivity index (χ0) is 24.5. The fourth-order valence-corrected chi connectivity index (χ4v) is 6.93. The normalized spacial score (nSPS) is 27.9.